The minimum Gasteiger partial charge on any atom is -0.388 e. The Morgan fingerprint density at radius 2 is 1.61 bits per heavy atom. The van der Waals surface area contributed by atoms with Crippen LogP contribution in [0.25, 0.3) is 0 Å². The number of aliphatic hydroxyl groups is 3. The fourth-order valence-corrected chi connectivity index (χ4v) is 3.00. The highest BCUT2D eigenvalue weighted by Crippen LogP contribution is 2.21. The van der Waals surface area contributed by atoms with Crippen LogP contribution in [0.5, 0.6) is 0 Å². The third-order valence-corrected chi connectivity index (χ3v) is 4.89. The summed E-state index contributed by atoms with van der Waals surface area (Å²) in [5.74, 6) is -0.107. The second-order valence-electron chi connectivity index (χ2n) is 7.56. The molecular weight excluding hydrogens is 404 g/mol. The number of allylic oxidation sites excluding steroid dienone is 4. The monoisotopic (exact) mass is 442 g/mol. The highest BCUT2D eigenvalue weighted by molar-refractivity contribution is 5.77. The zero-order valence-electron chi connectivity index (χ0n) is 18.5. The van der Waals surface area contributed by atoms with Gasteiger partial charge in [0, 0.05) is 32.5 Å². The van der Waals surface area contributed by atoms with E-state index in [0.29, 0.717) is 51.8 Å². The number of hydrogen-bond donors (Lipinski definition) is 5. The number of unbranched alkanes of at least 4 members (excludes halogenated alkanes) is 2. The van der Waals surface area contributed by atoms with Crippen molar-refractivity contribution in [3.05, 3.63) is 24.3 Å². The minimum atomic E-state index is -1.30. The molecule has 0 aromatic carbocycles. The minimum absolute atomic E-state index is 0.0390. The topological polar surface area (TPSA) is 137 Å². The van der Waals surface area contributed by atoms with Crippen LogP contribution in [0.15, 0.2) is 24.3 Å². The summed E-state index contributed by atoms with van der Waals surface area (Å²) in [6.07, 6.45) is 5.92. The summed E-state index contributed by atoms with van der Waals surface area (Å²) in [6, 6.07) is 0. The summed E-state index contributed by atoms with van der Waals surface area (Å²) < 4.78 is 10.8. The van der Waals surface area contributed by atoms with Gasteiger partial charge in [-0.1, -0.05) is 30.7 Å². The van der Waals surface area contributed by atoms with Gasteiger partial charge in [0.15, 0.2) is 6.29 Å². The van der Waals surface area contributed by atoms with Gasteiger partial charge in [-0.3, -0.25) is 9.59 Å². The van der Waals surface area contributed by atoms with Crippen LogP contribution >= 0.6 is 0 Å². The number of hydrogen-bond acceptors (Lipinski definition) is 7. The van der Waals surface area contributed by atoms with Gasteiger partial charge in [-0.2, -0.15) is 0 Å². The van der Waals surface area contributed by atoms with E-state index in [9.17, 15) is 24.9 Å². The number of nitrogens with one attached hydrogen (secondary N) is 2. The fraction of sp³-hybridized carbons (Fsp3) is 0.727. The summed E-state index contributed by atoms with van der Waals surface area (Å²) in [6.45, 7) is 4.64. The summed E-state index contributed by atoms with van der Waals surface area (Å²) in [5, 5.41) is 34.8. The first-order valence-electron chi connectivity index (χ1n) is 11.0. The maximum absolute atomic E-state index is 11.8. The highest BCUT2D eigenvalue weighted by atomic mass is 16.7. The Morgan fingerprint density at radius 1 is 0.935 bits per heavy atom. The molecule has 0 aromatic rings. The molecule has 2 amide bonds. The number of aliphatic hydroxyl groups excluding tert-OH is 3. The lowest BCUT2D eigenvalue weighted by Gasteiger charge is -2.38. The van der Waals surface area contributed by atoms with Crippen molar-refractivity contribution in [1.29, 1.82) is 0 Å². The molecule has 0 aromatic heterocycles. The van der Waals surface area contributed by atoms with Gasteiger partial charge in [0.2, 0.25) is 11.8 Å². The third kappa shape index (κ3) is 11.4. The van der Waals surface area contributed by atoms with Crippen molar-refractivity contribution < 1.29 is 34.4 Å². The molecule has 1 fully saturated rings. The molecule has 1 heterocycles. The molecule has 0 spiro atoms. The second kappa shape index (κ2) is 15.9. The van der Waals surface area contributed by atoms with Gasteiger partial charge in [0.25, 0.3) is 0 Å². The van der Waals surface area contributed by atoms with Crippen molar-refractivity contribution in [3.8, 4) is 0 Å². The van der Waals surface area contributed by atoms with E-state index in [1.165, 1.54) is 0 Å². The molecule has 5 atom stereocenters. The van der Waals surface area contributed by atoms with E-state index in [0.717, 1.165) is 6.42 Å². The molecule has 1 rings (SSSR count). The Morgan fingerprint density at radius 3 is 2.29 bits per heavy atom. The number of carbonyl (C=O) groups excluding carboxylic acids is 2. The normalized spacial score (nSPS) is 26.4. The van der Waals surface area contributed by atoms with Crippen LogP contribution in [-0.2, 0) is 19.1 Å². The maximum Gasteiger partial charge on any atom is 0.220 e. The zero-order valence-corrected chi connectivity index (χ0v) is 18.5. The van der Waals surface area contributed by atoms with Crippen LogP contribution in [0.3, 0.4) is 0 Å². The summed E-state index contributed by atoms with van der Waals surface area (Å²) >= 11 is 0. The standard InChI is InChI=1S/C22H38N2O7/c1-3-4-5-6-8-11-17(25)23-13-14-24-18(26)12-9-7-10-15-30-22-21(29)20(28)19(27)16(2)31-22/h3-6,16,19-22,27-29H,7-15H2,1-2H3,(H,23,25)(H,24,26)/t16?,19-,20?,21?,22+/m0/s1. The van der Waals surface area contributed by atoms with Gasteiger partial charge in [0.05, 0.1) is 6.10 Å². The van der Waals surface area contributed by atoms with E-state index in [2.05, 4.69) is 10.6 Å². The summed E-state index contributed by atoms with van der Waals surface area (Å²) in [4.78, 5) is 23.5. The van der Waals surface area contributed by atoms with Crippen LogP contribution in [-0.4, -0.2) is 77.5 Å². The lowest BCUT2D eigenvalue weighted by Crippen LogP contribution is -2.57. The van der Waals surface area contributed by atoms with E-state index < -0.39 is 30.7 Å². The number of amides is 2. The fourth-order valence-electron chi connectivity index (χ4n) is 3.00. The van der Waals surface area contributed by atoms with Crippen molar-refractivity contribution >= 4 is 11.8 Å². The predicted octanol–water partition coefficient (Wildman–Crippen LogP) is 0.536. The number of ether oxygens (including phenoxy) is 2. The highest BCUT2D eigenvalue weighted by Gasteiger charge is 2.42. The Kier molecular flexibility index (Phi) is 14.0. The van der Waals surface area contributed by atoms with Crippen molar-refractivity contribution in [2.24, 2.45) is 0 Å². The molecule has 0 bridgehead atoms. The zero-order chi connectivity index (χ0) is 23.1. The lowest BCUT2D eigenvalue weighted by molar-refractivity contribution is -0.293. The largest absolute Gasteiger partial charge is 0.388 e. The SMILES string of the molecule is CC=CC=CCCC(=O)NCCNC(=O)CCCCCO[C@@H]1OC(C)[C@H](O)C(O)C1O. The van der Waals surface area contributed by atoms with E-state index >= 15 is 0 Å². The van der Waals surface area contributed by atoms with Gasteiger partial charge in [-0.15, -0.1) is 0 Å². The Labute approximate surface area is 184 Å². The summed E-state index contributed by atoms with van der Waals surface area (Å²) in [5.41, 5.74) is 0. The molecule has 3 unspecified atom stereocenters. The van der Waals surface area contributed by atoms with E-state index in [4.69, 9.17) is 9.47 Å². The molecule has 1 aliphatic heterocycles. The van der Waals surface area contributed by atoms with Gasteiger partial charge in [-0.05, 0) is 33.1 Å². The molecule has 0 radical (unpaired) electrons. The molecule has 5 N–H and O–H groups in total. The lowest BCUT2D eigenvalue weighted by atomic mass is 10.0. The first kappa shape index (κ1) is 27.3. The second-order valence-corrected chi connectivity index (χ2v) is 7.56. The Hall–Kier alpha value is -1.78. The quantitative estimate of drug-likeness (QED) is 0.195. The molecule has 9 nitrogen and oxygen atoms in total. The van der Waals surface area contributed by atoms with Gasteiger partial charge < -0.3 is 35.4 Å². The predicted molar refractivity (Wildman–Crippen MR) is 116 cm³/mol. The number of rotatable bonds is 14. The molecular formula is C22H38N2O7. The van der Waals surface area contributed by atoms with Gasteiger partial charge in [0.1, 0.15) is 18.3 Å². The van der Waals surface area contributed by atoms with E-state index in [1.807, 2.05) is 31.2 Å². The van der Waals surface area contributed by atoms with E-state index in [1.54, 1.807) is 6.92 Å². The first-order valence-corrected chi connectivity index (χ1v) is 11.0. The molecule has 178 valence electrons. The van der Waals surface area contributed by atoms with E-state index in [-0.39, 0.29) is 11.8 Å². The van der Waals surface area contributed by atoms with Crippen LogP contribution < -0.4 is 10.6 Å². The van der Waals surface area contributed by atoms with Crippen molar-refractivity contribution in [1.82, 2.24) is 10.6 Å². The van der Waals surface area contributed by atoms with Gasteiger partial charge >= 0.3 is 0 Å². The summed E-state index contributed by atoms with van der Waals surface area (Å²) in [7, 11) is 0. The van der Waals surface area contributed by atoms with Crippen LogP contribution in [0.4, 0.5) is 0 Å². The molecule has 1 saturated heterocycles. The molecule has 31 heavy (non-hydrogen) atoms. The molecule has 1 aliphatic rings. The average molecular weight is 443 g/mol. The smallest absolute Gasteiger partial charge is 0.220 e. The van der Waals surface area contributed by atoms with Crippen LogP contribution in [0.1, 0.15) is 52.4 Å². The van der Waals surface area contributed by atoms with Crippen LogP contribution in [0, 0.1) is 0 Å². The maximum atomic E-state index is 11.8. The molecule has 0 saturated carbocycles. The Bertz CT molecular complexity index is 582. The van der Waals surface area contributed by atoms with Crippen molar-refractivity contribution in [2.45, 2.75) is 83.1 Å². The number of carbonyl (C=O) groups is 2. The molecule has 9 heteroatoms. The van der Waals surface area contributed by atoms with Gasteiger partial charge in [-0.25, -0.2) is 0 Å². The molecule has 0 aliphatic carbocycles. The third-order valence-electron chi connectivity index (χ3n) is 4.89. The van der Waals surface area contributed by atoms with Crippen molar-refractivity contribution in [2.75, 3.05) is 19.7 Å². The Balaban J connectivity index is 1.99. The van der Waals surface area contributed by atoms with Crippen LogP contribution in [0.2, 0.25) is 0 Å². The first-order chi connectivity index (χ1) is 14.9. The average Bonchev–Trinajstić information content (AvgIpc) is 2.75. The van der Waals surface area contributed by atoms with Crippen molar-refractivity contribution in [3.63, 3.8) is 0 Å².